The van der Waals surface area contributed by atoms with Crippen LogP contribution in [0.2, 0.25) is 0 Å². The average Bonchev–Trinajstić information content (AvgIpc) is 3.33. The molecule has 8 nitrogen and oxygen atoms in total. The van der Waals surface area contributed by atoms with Crippen LogP contribution >= 0.6 is 0 Å². The number of likely N-dealkylation sites (N-methyl/N-ethyl adjacent to an activating group) is 1. The van der Waals surface area contributed by atoms with Crippen LogP contribution in [0.1, 0.15) is 24.0 Å². The molecule has 2 aromatic rings. The van der Waals surface area contributed by atoms with Gasteiger partial charge in [0, 0.05) is 51.9 Å². The molecule has 0 spiro atoms. The Morgan fingerprint density at radius 2 is 1.87 bits per heavy atom. The van der Waals surface area contributed by atoms with Crippen molar-refractivity contribution in [2.45, 2.75) is 24.3 Å². The molecule has 0 atom stereocenters. The van der Waals surface area contributed by atoms with E-state index in [0.29, 0.717) is 19.4 Å². The SMILES string of the molecule is CN(CCc1ccc(C2=NCCN2)cc1)C(=O)CCCN(C)S(=O)(=O)c1ccccn1. The molecule has 0 unspecified atom stereocenters. The third-order valence-electron chi connectivity index (χ3n) is 5.24. The molecular weight excluding hydrogens is 414 g/mol. The first-order valence-electron chi connectivity index (χ1n) is 10.4. The van der Waals surface area contributed by atoms with Gasteiger partial charge in [0.25, 0.3) is 10.0 Å². The van der Waals surface area contributed by atoms with Crippen LogP contribution in [0.25, 0.3) is 0 Å². The van der Waals surface area contributed by atoms with Gasteiger partial charge in [-0.1, -0.05) is 30.3 Å². The van der Waals surface area contributed by atoms with E-state index >= 15 is 0 Å². The van der Waals surface area contributed by atoms with E-state index in [0.717, 1.165) is 36.5 Å². The number of aliphatic imine (C=N–C) groups is 1. The number of amidine groups is 1. The van der Waals surface area contributed by atoms with Crippen molar-refractivity contribution < 1.29 is 13.2 Å². The molecule has 1 aromatic carbocycles. The second-order valence-electron chi connectivity index (χ2n) is 7.52. The normalized spacial score (nSPS) is 13.7. The number of sulfonamides is 1. The van der Waals surface area contributed by atoms with Crippen molar-refractivity contribution in [2.24, 2.45) is 4.99 Å². The Balaban J connectivity index is 1.41. The van der Waals surface area contributed by atoms with Crippen LogP contribution in [0.5, 0.6) is 0 Å². The first-order chi connectivity index (χ1) is 14.9. The second-order valence-corrected chi connectivity index (χ2v) is 9.51. The molecule has 0 radical (unpaired) electrons. The fourth-order valence-electron chi connectivity index (χ4n) is 3.27. The number of rotatable bonds is 10. The molecule has 0 aliphatic carbocycles. The summed E-state index contributed by atoms with van der Waals surface area (Å²) in [5, 5.41) is 3.27. The monoisotopic (exact) mass is 443 g/mol. The predicted octanol–water partition coefficient (Wildman–Crippen LogP) is 1.53. The molecular formula is C22H29N5O3S. The van der Waals surface area contributed by atoms with Crippen LogP contribution in [0, 0.1) is 0 Å². The molecule has 0 saturated carbocycles. The highest BCUT2D eigenvalue weighted by atomic mass is 32.2. The van der Waals surface area contributed by atoms with Gasteiger partial charge in [-0.3, -0.25) is 9.79 Å². The Morgan fingerprint density at radius 3 is 2.52 bits per heavy atom. The van der Waals surface area contributed by atoms with Crippen LogP contribution in [0.3, 0.4) is 0 Å². The number of aromatic nitrogens is 1. The molecule has 0 saturated heterocycles. The van der Waals surface area contributed by atoms with Crippen LogP contribution in [-0.2, 0) is 21.2 Å². The summed E-state index contributed by atoms with van der Waals surface area (Å²) in [6, 6.07) is 13.0. The van der Waals surface area contributed by atoms with Crippen molar-refractivity contribution in [3.8, 4) is 0 Å². The molecule has 31 heavy (non-hydrogen) atoms. The van der Waals surface area contributed by atoms with E-state index in [2.05, 4.69) is 27.4 Å². The van der Waals surface area contributed by atoms with E-state index in [1.54, 1.807) is 24.1 Å². The van der Waals surface area contributed by atoms with Gasteiger partial charge >= 0.3 is 0 Å². The molecule has 2 heterocycles. The highest BCUT2D eigenvalue weighted by molar-refractivity contribution is 7.89. The highest BCUT2D eigenvalue weighted by Gasteiger charge is 2.21. The van der Waals surface area contributed by atoms with E-state index in [1.165, 1.54) is 23.6 Å². The molecule has 9 heteroatoms. The van der Waals surface area contributed by atoms with Crippen molar-refractivity contribution >= 4 is 21.8 Å². The summed E-state index contributed by atoms with van der Waals surface area (Å²) in [5.41, 5.74) is 2.23. The molecule has 166 valence electrons. The Hall–Kier alpha value is -2.78. The van der Waals surface area contributed by atoms with Crippen molar-refractivity contribution in [1.82, 2.24) is 19.5 Å². The molecule has 1 aromatic heterocycles. The summed E-state index contributed by atoms with van der Waals surface area (Å²) in [6.07, 6.45) is 2.96. The summed E-state index contributed by atoms with van der Waals surface area (Å²) >= 11 is 0. The van der Waals surface area contributed by atoms with Crippen molar-refractivity contribution in [3.63, 3.8) is 0 Å². The summed E-state index contributed by atoms with van der Waals surface area (Å²) in [6.45, 7) is 2.57. The van der Waals surface area contributed by atoms with Crippen LogP contribution in [0.15, 0.2) is 58.7 Å². The first kappa shape index (κ1) is 22.9. The number of benzene rings is 1. The number of hydrogen-bond acceptors (Lipinski definition) is 6. The smallest absolute Gasteiger partial charge is 0.260 e. The molecule has 1 amide bonds. The number of nitrogens with zero attached hydrogens (tertiary/aromatic N) is 4. The fourth-order valence-corrected chi connectivity index (χ4v) is 4.40. The average molecular weight is 444 g/mol. The third-order valence-corrected chi connectivity index (χ3v) is 7.01. The molecule has 0 bridgehead atoms. The summed E-state index contributed by atoms with van der Waals surface area (Å²) in [5.74, 6) is 0.943. The summed E-state index contributed by atoms with van der Waals surface area (Å²) in [7, 11) is -0.340. The van der Waals surface area contributed by atoms with Gasteiger partial charge < -0.3 is 10.2 Å². The van der Waals surface area contributed by atoms with Gasteiger partial charge in [-0.15, -0.1) is 0 Å². The van der Waals surface area contributed by atoms with Crippen molar-refractivity contribution in [3.05, 3.63) is 59.8 Å². The van der Waals surface area contributed by atoms with Gasteiger partial charge in [0.1, 0.15) is 5.84 Å². The van der Waals surface area contributed by atoms with Gasteiger partial charge in [0.15, 0.2) is 5.03 Å². The minimum Gasteiger partial charge on any atom is -0.368 e. The quantitative estimate of drug-likeness (QED) is 0.601. The zero-order valence-electron chi connectivity index (χ0n) is 18.0. The van der Waals surface area contributed by atoms with Crippen molar-refractivity contribution in [2.75, 3.05) is 40.3 Å². The number of pyridine rings is 1. The van der Waals surface area contributed by atoms with Gasteiger partial charge in [-0.05, 0) is 30.5 Å². The molecule has 1 aliphatic rings. The number of amides is 1. The van der Waals surface area contributed by atoms with Crippen molar-refractivity contribution in [1.29, 1.82) is 0 Å². The highest BCUT2D eigenvalue weighted by Crippen LogP contribution is 2.12. The minimum absolute atomic E-state index is 0.00441. The minimum atomic E-state index is -3.63. The standard InChI is InChI=1S/C22H29N5O3S/c1-26(17-12-18-8-10-19(11-9-18)22-24-14-15-25-22)21(28)7-5-16-27(2)31(29,30)20-6-3-4-13-23-20/h3-4,6,8-11,13H,5,7,12,14-17H2,1-2H3,(H,24,25). The fraction of sp³-hybridized carbons (Fsp3) is 0.409. The lowest BCUT2D eigenvalue weighted by Crippen LogP contribution is -2.31. The van der Waals surface area contributed by atoms with Crippen LogP contribution in [-0.4, -0.2) is 74.6 Å². The zero-order valence-corrected chi connectivity index (χ0v) is 18.8. The summed E-state index contributed by atoms with van der Waals surface area (Å²) in [4.78, 5) is 22.4. The Morgan fingerprint density at radius 1 is 1.10 bits per heavy atom. The zero-order chi connectivity index (χ0) is 22.3. The van der Waals surface area contributed by atoms with E-state index in [1.807, 2.05) is 12.1 Å². The predicted molar refractivity (Wildman–Crippen MR) is 120 cm³/mol. The number of carbonyl (C=O) groups excluding carboxylic acids is 1. The number of carbonyl (C=O) groups is 1. The maximum atomic E-state index is 12.5. The van der Waals surface area contributed by atoms with Crippen LogP contribution < -0.4 is 5.32 Å². The van der Waals surface area contributed by atoms with E-state index in [-0.39, 0.29) is 17.5 Å². The number of nitrogens with one attached hydrogen (secondary N) is 1. The maximum Gasteiger partial charge on any atom is 0.260 e. The van der Waals surface area contributed by atoms with Gasteiger partial charge in [-0.2, -0.15) is 4.31 Å². The maximum absolute atomic E-state index is 12.5. The topological polar surface area (TPSA) is 95.0 Å². The molecule has 3 rings (SSSR count). The molecule has 0 fully saturated rings. The van der Waals surface area contributed by atoms with E-state index in [9.17, 15) is 13.2 Å². The molecule has 1 N–H and O–H groups in total. The van der Waals surface area contributed by atoms with Gasteiger partial charge in [-0.25, -0.2) is 13.4 Å². The van der Waals surface area contributed by atoms with Gasteiger partial charge in [0.2, 0.25) is 5.91 Å². The second kappa shape index (κ2) is 10.5. The summed E-state index contributed by atoms with van der Waals surface area (Å²) < 4.78 is 26.2. The van der Waals surface area contributed by atoms with Crippen LogP contribution in [0.4, 0.5) is 0 Å². The number of hydrogen-bond donors (Lipinski definition) is 1. The molecule has 1 aliphatic heterocycles. The Labute approximate surface area is 184 Å². The van der Waals surface area contributed by atoms with E-state index < -0.39 is 10.0 Å². The Bertz CT molecular complexity index is 1010. The lowest BCUT2D eigenvalue weighted by atomic mass is 10.1. The first-order valence-corrected chi connectivity index (χ1v) is 11.8. The largest absolute Gasteiger partial charge is 0.368 e. The van der Waals surface area contributed by atoms with Gasteiger partial charge in [0.05, 0.1) is 6.54 Å². The lowest BCUT2D eigenvalue weighted by Gasteiger charge is -2.19. The third kappa shape index (κ3) is 6.11. The Kier molecular flexibility index (Phi) is 7.75. The van der Waals surface area contributed by atoms with E-state index in [4.69, 9.17) is 0 Å². The lowest BCUT2D eigenvalue weighted by molar-refractivity contribution is -0.130.